The molecule has 4 spiro atoms. The quantitative estimate of drug-likeness (QED) is 0.0886. The van der Waals surface area contributed by atoms with E-state index in [1.807, 2.05) is 0 Å². The number of rotatable bonds is 12. The molecule has 8 unspecified atom stereocenters. The number of nitrogens with zero attached hydrogens (tertiary/aromatic N) is 4. The van der Waals surface area contributed by atoms with Gasteiger partial charge in [0.15, 0.2) is 0 Å². The molecule has 24 aromatic carbocycles. The summed E-state index contributed by atoms with van der Waals surface area (Å²) in [6.07, 6.45) is 7.97. The van der Waals surface area contributed by atoms with Gasteiger partial charge in [-0.3, -0.25) is 19.4 Å². The van der Waals surface area contributed by atoms with Crippen molar-refractivity contribution in [3.63, 3.8) is 0 Å². The fourth-order valence-electron chi connectivity index (χ4n) is 31.9. The minimum Gasteiger partial charge on any atom is -0.460 e. The van der Waals surface area contributed by atoms with E-state index in [0.29, 0.717) is 0 Å². The summed E-state index contributed by atoms with van der Waals surface area (Å²) in [6.45, 7) is 3.92. The number of esters is 2. The first-order valence-corrected chi connectivity index (χ1v) is 36.2. The van der Waals surface area contributed by atoms with Gasteiger partial charge in [-0.25, -0.2) is 0 Å². The van der Waals surface area contributed by atoms with E-state index in [-0.39, 0.29) is 49.1 Å². The Hall–Kier alpha value is -8.50. The Morgan fingerprint density at radius 3 is 0.798 bits per heavy atom. The van der Waals surface area contributed by atoms with Gasteiger partial charge in [0, 0.05) is 37.0 Å². The highest BCUT2D eigenvalue weighted by molar-refractivity contribution is 6.79. The lowest BCUT2D eigenvalue weighted by molar-refractivity contribution is -0.153. The van der Waals surface area contributed by atoms with Crippen molar-refractivity contribution in [1.82, 2.24) is 19.6 Å². The average Bonchev–Trinajstić information content (AvgIpc) is 1.37. The fraction of sp³-hybridized carbons (Fsp3) is 0.326. The van der Waals surface area contributed by atoms with Crippen molar-refractivity contribution in [2.24, 2.45) is 11.8 Å². The van der Waals surface area contributed by atoms with Gasteiger partial charge in [-0.15, -0.1) is 0 Å². The summed E-state index contributed by atoms with van der Waals surface area (Å²) in [7, 11) is 12.9. The topological polar surface area (TPSA) is 65.6 Å². The molecule has 0 heterocycles. The molecule has 4 bridgehead atoms. The van der Waals surface area contributed by atoms with E-state index < -0.39 is 21.7 Å². The SMILES string of the molecule is CN(C)CCN(C)CC(=O)OC1CC2CCCCCCC3CC(OC(=O)CN(C)CCN(C)C)C45c6c7c8c9c%10c%11c%12c%13c%14c%15c%16c%17c(c%18c%19c4c4c6c6c8c8c%10c%10c%11c%11c%13c%13c%20c%14c%17c%14c%18c%17c%19c%18c4c4c6c8c6c%10c8c%11c%13c%10c(c%14%20)c%17c%11c%18c4c6c8c%11%10)C35C%16=C7C92C%15%121. The summed E-state index contributed by atoms with van der Waals surface area (Å²) in [5.74, 6) is 0.329. The highest BCUT2D eigenvalue weighted by atomic mass is 16.6. The number of likely N-dealkylation sites (N-methyl/N-ethyl adjacent to an activating group) is 4. The van der Waals surface area contributed by atoms with Crippen molar-refractivity contribution in [3.05, 3.63) is 44.5 Å². The van der Waals surface area contributed by atoms with E-state index in [1.165, 1.54) is 25.7 Å². The molecule has 8 heteroatoms. The molecule has 2 saturated carbocycles. The molecule has 35 rings (SSSR count). The highest BCUT2D eigenvalue weighted by Crippen LogP contribution is 2.94. The first-order chi connectivity index (χ1) is 46.1. The third-order valence-corrected chi connectivity index (χ3v) is 32.6. The smallest absolute Gasteiger partial charge is 0.320 e. The number of benzene rings is 16. The van der Waals surface area contributed by atoms with Gasteiger partial charge in [0.05, 0.1) is 23.9 Å². The van der Waals surface area contributed by atoms with Crippen LogP contribution in [0.1, 0.15) is 95.9 Å². The predicted molar refractivity (Wildman–Crippen MR) is 383 cm³/mol. The largest absolute Gasteiger partial charge is 0.460 e. The number of carbonyl (C=O) groups excluding carboxylic acids is 2. The van der Waals surface area contributed by atoms with Crippen molar-refractivity contribution < 1.29 is 19.1 Å². The first-order valence-electron chi connectivity index (χ1n) is 36.2. The zero-order valence-corrected chi connectivity index (χ0v) is 52.6. The molecular weight excluding hydrogens is 1150 g/mol. The molecule has 438 valence electrons. The van der Waals surface area contributed by atoms with E-state index in [9.17, 15) is 0 Å². The lowest BCUT2D eigenvalue weighted by Crippen LogP contribution is -2.61. The molecule has 0 aliphatic heterocycles. The van der Waals surface area contributed by atoms with Gasteiger partial charge in [0.1, 0.15) is 12.2 Å². The van der Waals surface area contributed by atoms with Crippen LogP contribution in [0.4, 0.5) is 0 Å². The predicted octanol–water partition coefficient (Wildman–Crippen LogP) is 17.0. The second-order valence-electron chi connectivity index (χ2n) is 35.1. The maximum Gasteiger partial charge on any atom is 0.320 e. The van der Waals surface area contributed by atoms with Crippen LogP contribution < -0.4 is 0 Å². The van der Waals surface area contributed by atoms with Gasteiger partial charge in [-0.05, 0) is 383 Å². The molecular formula is C86H50N4O4. The lowest BCUT2D eigenvalue weighted by atomic mass is 9.40. The van der Waals surface area contributed by atoms with E-state index in [1.54, 1.807) is 303 Å². The molecule has 0 saturated heterocycles. The van der Waals surface area contributed by atoms with Crippen LogP contribution in [0.15, 0.2) is 0 Å². The Kier molecular flexibility index (Phi) is 5.17. The van der Waals surface area contributed by atoms with Crippen molar-refractivity contribution in [3.8, 4) is 0 Å². The van der Waals surface area contributed by atoms with Gasteiger partial charge in [-0.1, -0.05) is 25.7 Å². The maximum absolute atomic E-state index is 16.0. The molecule has 8 nitrogen and oxygen atoms in total. The summed E-state index contributed by atoms with van der Waals surface area (Å²) in [5, 5.41) is 72.9. The Labute approximate surface area is 529 Å². The van der Waals surface area contributed by atoms with Gasteiger partial charge in [-0.2, -0.15) is 0 Å². The lowest BCUT2D eigenvalue weighted by Gasteiger charge is -2.60. The van der Waals surface area contributed by atoms with Gasteiger partial charge >= 0.3 is 11.9 Å². The third-order valence-electron chi connectivity index (χ3n) is 32.6. The van der Waals surface area contributed by atoms with E-state index in [2.05, 4.69) is 61.9 Å². The van der Waals surface area contributed by atoms with Crippen LogP contribution >= 0.6 is 0 Å². The summed E-state index contributed by atoms with van der Waals surface area (Å²) in [4.78, 5) is 41.0. The van der Waals surface area contributed by atoms with Crippen molar-refractivity contribution >= 4 is 271 Å². The molecule has 0 N–H and O–H groups in total. The second-order valence-corrected chi connectivity index (χ2v) is 35.1. The minimum atomic E-state index is -0.680. The molecule has 2 fully saturated rings. The zero-order chi connectivity index (χ0) is 59.4. The molecule has 0 amide bonds. The second kappa shape index (κ2) is 11.2. The van der Waals surface area contributed by atoms with Crippen LogP contribution in [0.3, 0.4) is 0 Å². The van der Waals surface area contributed by atoms with Crippen molar-refractivity contribution in [2.45, 2.75) is 85.2 Å². The normalized spacial score (nSPS) is 28.6. The minimum absolute atomic E-state index is 0.0574. The highest BCUT2D eigenvalue weighted by Gasteiger charge is 2.86. The van der Waals surface area contributed by atoms with Crippen LogP contribution in [0.25, 0.3) is 259 Å². The van der Waals surface area contributed by atoms with E-state index in [4.69, 9.17) is 9.47 Å². The van der Waals surface area contributed by atoms with E-state index >= 15 is 9.59 Å². The Bertz CT molecular complexity index is 7510. The first kappa shape index (κ1) is 43.5. The third kappa shape index (κ3) is 2.88. The molecule has 11 aliphatic carbocycles. The molecule has 24 aromatic rings. The van der Waals surface area contributed by atoms with Gasteiger partial charge < -0.3 is 19.3 Å². The van der Waals surface area contributed by atoms with Crippen LogP contribution in [0.2, 0.25) is 0 Å². The molecule has 94 heavy (non-hydrogen) atoms. The molecule has 8 atom stereocenters. The average molecular weight is 1200 g/mol. The number of hydrogen-bond acceptors (Lipinski definition) is 8. The van der Waals surface area contributed by atoms with Crippen LogP contribution in [-0.2, 0) is 40.7 Å². The maximum atomic E-state index is 16.0. The molecule has 11 aliphatic rings. The Morgan fingerprint density at radius 2 is 0.532 bits per heavy atom. The van der Waals surface area contributed by atoms with Crippen molar-refractivity contribution in [1.29, 1.82) is 0 Å². The van der Waals surface area contributed by atoms with E-state index in [0.717, 1.165) is 51.9 Å². The van der Waals surface area contributed by atoms with Crippen LogP contribution in [0.5, 0.6) is 0 Å². The monoisotopic (exact) mass is 1200 g/mol. The summed E-state index contributed by atoms with van der Waals surface area (Å²) < 4.78 is 16.1. The summed E-state index contributed by atoms with van der Waals surface area (Å²) in [5.41, 5.74) is 13.9. The van der Waals surface area contributed by atoms with Gasteiger partial charge in [0.25, 0.3) is 0 Å². The van der Waals surface area contributed by atoms with Crippen LogP contribution in [0, 0.1) is 11.8 Å². The number of ether oxygens (including phenoxy) is 2. The zero-order valence-electron chi connectivity index (χ0n) is 52.6. The number of hydrogen-bond donors (Lipinski definition) is 0. The number of carbonyl (C=O) groups is 2. The van der Waals surface area contributed by atoms with Crippen LogP contribution in [-0.4, -0.2) is 125 Å². The standard InChI is InChI=1S/C86H50N4O4/c1-87(2)13-15-89(5)19-25(91)93-23-17-21-11-9-7-8-10-12-22-18-24(94-26(92)20-90(6)16-14-88(3)4)86-78-66-58-48-40-32-27-28-30-33-37-31(28)39-35-29(27)34-38(32)50(58)56-52-41(34)45-43(35)53-47(39)57-49(37)55-51-42(33)46-44(36(30)40)54(48)68(78)70-60(46)62(51)72-74(80(70)86)81-82-73-71(76(64(56)66)84(22,82)86)61(52)59(45)69-67(53)77-65(57)63(55)75(72)83(21,81)85(23,77)79(69)73/h21-24H,7-20H2,1-6H3. The molecule has 0 aromatic heterocycles. The summed E-state index contributed by atoms with van der Waals surface area (Å²) >= 11 is 0. The van der Waals surface area contributed by atoms with Gasteiger partial charge in [0.2, 0.25) is 0 Å². The molecule has 0 radical (unpaired) electrons. The summed E-state index contributed by atoms with van der Waals surface area (Å²) in [6, 6.07) is 0. The van der Waals surface area contributed by atoms with Crippen molar-refractivity contribution in [2.75, 3.05) is 81.6 Å². The number of allylic oxidation sites excluding steroid dienone is 2. The Morgan fingerprint density at radius 1 is 0.298 bits per heavy atom. The fourth-order valence-corrected chi connectivity index (χ4v) is 31.9. The Balaban J connectivity index is 0.906.